The zero-order valence-corrected chi connectivity index (χ0v) is 12.5. The van der Waals surface area contributed by atoms with E-state index in [4.69, 9.17) is 0 Å². The zero-order valence-electron chi connectivity index (χ0n) is 12.5. The number of rotatable bonds is 1. The Kier molecular flexibility index (Phi) is 1.51. The SMILES string of the molecule is O=Cc1cc2c3c4c(ccc5c4c4c(ccc6c4c3c1C6)C5)C2. The van der Waals surface area contributed by atoms with E-state index in [1.165, 1.54) is 65.7 Å². The lowest BCUT2D eigenvalue weighted by Crippen LogP contribution is -1.93. The zero-order chi connectivity index (χ0) is 14.9. The third-order valence-electron chi connectivity index (χ3n) is 6.31. The molecular formula is C22H12O. The van der Waals surface area contributed by atoms with Crippen LogP contribution in [-0.4, -0.2) is 6.29 Å². The molecule has 0 aromatic heterocycles. The molecule has 3 aliphatic carbocycles. The van der Waals surface area contributed by atoms with Crippen molar-refractivity contribution < 1.29 is 4.79 Å². The van der Waals surface area contributed by atoms with Gasteiger partial charge >= 0.3 is 0 Å². The molecule has 0 spiro atoms. The monoisotopic (exact) mass is 292 g/mol. The molecule has 0 bridgehead atoms. The molecule has 0 aliphatic heterocycles. The molecule has 0 fully saturated rings. The van der Waals surface area contributed by atoms with Gasteiger partial charge in [-0.05, 0) is 91.0 Å². The van der Waals surface area contributed by atoms with Crippen LogP contribution in [0.2, 0.25) is 0 Å². The predicted octanol–water partition coefficient (Wildman–Crippen LogP) is 4.67. The third kappa shape index (κ3) is 0.971. The highest BCUT2D eigenvalue weighted by atomic mass is 16.1. The van der Waals surface area contributed by atoms with Crippen molar-refractivity contribution in [3.63, 3.8) is 0 Å². The summed E-state index contributed by atoms with van der Waals surface area (Å²) in [5.41, 5.74) is 9.32. The molecule has 7 rings (SSSR count). The maximum absolute atomic E-state index is 11.7. The van der Waals surface area contributed by atoms with Crippen molar-refractivity contribution in [2.24, 2.45) is 0 Å². The molecular weight excluding hydrogens is 280 g/mol. The molecule has 0 radical (unpaired) electrons. The first-order valence-electron chi connectivity index (χ1n) is 8.29. The quantitative estimate of drug-likeness (QED) is 0.317. The van der Waals surface area contributed by atoms with Gasteiger partial charge in [-0.3, -0.25) is 4.79 Å². The van der Waals surface area contributed by atoms with Crippen LogP contribution in [0.5, 0.6) is 0 Å². The van der Waals surface area contributed by atoms with Crippen LogP contribution in [0.3, 0.4) is 0 Å². The van der Waals surface area contributed by atoms with Crippen LogP contribution < -0.4 is 0 Å². The van der Waals surface area contributed by atoms with E-state index < -0.39 is 0 Å². The molecule has 1 nitrogen and oxygen atoms in total. The highest BCUT2D eigenvalue weighted by molar-refractivity contribution is 6.33. The molecule has 4 aromatic carbocycles. The van der Waals surface area contributed by atoms with Crippen molar-refractivity contribution >= 4 is 38.6 Å². The molecule has 1 heteroatoms. The Hall–Kier alpha value is -2.67. The van der Waals surface area contributed by atoms with Crippen LogP contribution >= 0.6 is 0 Å². The van der Waals surface area contributed by atoms with E-state index >= 15 is 0 Å². The van der Waals surface area contributed by atoms with Gasteiger partial charge < -0.3 is 0 Å². The van der Waals surface area contributed by atoms with E-state index in [-0.39, 0.29) is 0 Å². The molecule has 0 saturated heterocycles. The Morgan fingerprint density at radius 2 is 1.09 bits per heavy atom. The lowest BCUT2D eigenvalue weighted by molar-refractivity contribution is 0.112. The standard InChI is InChI=1S/C22H12O/c23-9-15-7-14-6-12-2-1-10-5-11-3-4-13-8-16(15)22-20(13)18(11)17(10)19(12)21(14)22/h1-4,7,9H,5-6,8H2. The molecule has 106 valence electrons. The first kappa shape index (κ1) is 11.0. The summed E-state index contributed by atoms with van der Waals surface area (Å²) in [5, 5.41) is 8.76. The molecule has 0 N–H and O–H groups in total. The minimum atomic E-state index is 0.901. The first-order chi connectivity index (χ1) is 11.3. The van der Waals surface area contributed by atoms with Crippen molar-refractivity contribution in [1.82, 2.24) is 0 Å². The van der Waals surface area contributed by atoms with Gasteiger partial charge in [0.2, 0.25) is 0 Å². The fourth-order valence-corrected chi connectivity index (χ4v) is 5.51. The van der Waals surface area contributed by atoms with Gasteiger partial charge in [0.1, 0.15) is 6.29 Å². The van der Waals surface area contributed by atoms with E-state index in [1.54, 1.807) is 0 Å². The third-order valence-corrected chi connectivity index (χ3v) is 6.31. The average Bonchev–Trinajstić information content (AvgIpc) is 3.22. The Bertz CT molecular complexity index is 1260. The Labute approximate surface area is 132 Å². The summed E-state index contributed by atoms with van der Waals surface area (Å²) < 4.78 is 0. The Morgan fingerprint density at radius 3 is 1.70 bits per heavy atom. The van der Waals surface area contributed by atoms with Gasteiger partial charge in [-0.15, -0.1) is 0 Å². The highest BCUT2D eigenvalue weighted by Crippen LogP contribution is 2.53. The van der Waals surface area contributed by atoms with Crippen molar-refractivity contribution in [3.05, 3.63) is 69.3 Å². The molecule has 0 amide bonds. The molecule has 23 heavy (non-hydrogen) atoms. The number of carbonyl (C=O) groups is 1. The van der Waals surface area contributed by atoms with Crippen LogP contribution in [0.25, 0.3) is 32.3 Å². The van der Waals surface area contributed by atoms with E-state index in [2.05, 4.69) is 30.3 Å². The van der Waals surface area contributed by atoms with E-state index in [0.29, 0.717) is 0 Å². The summed E-state index contributed by atoms with van der Waals surface area (Å²) in [6.45, 7) is 0. The van der Waals surface area contributed by atoms with Crippen molar-refractivity contribution in [2.75, 3.05) is 0 Å². The minimum absolute atomic E-state index is 0.901. The maximum atomic E-state index is 11.7. The fourth-order valence-electron chi connectivity index (χ4n) is 5.51. The van der Waals surface area contributed by atoms with Gasteiger partial charge in [-0.1, -0.05) is 24.3 Å². The fraction of sp³-hybridized carbons (Fsp3) is 0.136. The molecule has 3 aliphatic rings. The normalized spacial score (nSPS) is 15.5. The molecule has 0 atom stereocenters. The van der Waals surface area contributed by atoms with Gasteiger partial charge in [0.15, 0.2) is 0 Å². The minimum Gasteiger partial charge on any atom is -0.298 e. The second kappa shape index (κ2) is 3.16. The lowest BCUT2D eigenvalue weighted by atomic mass is 9.93. The van der Waals surface area contributed by atoms with Crippen LogP contribution in [0.1, 0.15) is 43.7 Å². The van der Waals surface area contributed by atoms with Gasteiger partial charge in [0.25, 0.3) is 0 Å². The van der Waals surface area contributed by atoms with Crippen molar-refractivity contribution in [3.8, 4) is 0 Å². The van der Waals surface area contributed by atoms with E-state index in [0.717, 1.165) is 31.1 Å². The lowest BCUT2D eigenvalue weighted by Gasteiger charge is -2.09. The largest absolute Gasteiger partial charge is 0.298 e. The first-order valence-corrected chi connectivity index (χ1v) is 8.29. The molecule has 0 unspecified atom stereocenters. The van der Waals surface area contributed by atoms with Crippen LogP contribution in [0, 0.1) is 0 Å². The van der Waals surface area contributed by atoms with Crippen molar-refractivity contribution in [1.29, 1.82) is 0 Å². The smallest absolute Gasteiger partial charge is 0.150 e. The maximum Gasteiger partial charge on any atom is 0.150 e. The van der Waals surface area contributed by atoms with Gasteiger partial charge in [0, 0.05) is 5.56 Å². The van der Waals surface area contributed by atoms with Crippen LogP contribution in [0.4, 0.5) is 0 Å². The Morgan fingerprint density at radius 1 is 0.609 bits per heavy atom. The summed E-state index contributed by atoms with van der Waals surface area (Å²) in [6.07, 6.45) is 4.01. The van der Waals surface area contributed by atoms with Gasteiger partial charge in [-0.25, -0.2) is 0 Å². The number of hydrogen-bond acceptors (Lipinski definition) is 1. The summed E-state index contributed by atoms with van der Waals surface area (Å²) in [4.78, 5) is 11.7. The number of benzene rings is 4. The molecule has 0 saturated carbocycles. The number of aldehydes is 1. The van der Waals surface area contributed by atoms with Crippen molar-refractivity contribution in [2.45, 2.75) is 19.3 Å². The topological polar surface area (TPSA) is 17.1 Å². The average molecular weight is 292 g/mol. The van der Waals surface area contributed by atoms with Crippen LogP contribution in [-0.2, 0) is 19.3 Å². The van der Waals surface area contributed by atoms with E-state index in [9.17, 15) is 4.79 Å². The van der Waals surface area contributed by atoms with Gasteiger partial charge in [-0.2, -0.15) is 0 Å². The summed E-state index contributed by atoms with van der Waals surface area (Å²) in [6, 6.07) is 11.4. The Balaban J connectivity index is 1.97. The number of carbonyl (C=O) groups excluding carboxylic acids is 1. The summed E-state index contributed by atoms with van der Waals surface area (Å²) in [7, 11) is 0. The molecule has 4 aromatic rings. The number of hydrogen-bond donors (Lipinski definition) is 0. The predicted molar refractivity (Wildman–Crippen MR) is 92.8 cm³/mol. The van der Waals surface area contributed by atoms with Gasteiger partial charge in [0.05, 0.1) is 0 Å². The second-order valence-electron chi connectivity index (χ2n) is 7.27. The summed E-state index contributed by atoms with van der Waals surface area (Å²) in [5.74, 6) is 0. The van der Waals surface area contributed by atoms with E-state index in [1.807, 2.05) is 0 Å². The van der Waals surface area contributed by atoms with Crippen LogP contribution in [0.15, 0.2) is 30.3 Å². The highest BCUT2D eigenvalue weighted by Gasteiger charge is 2.32. The molecule has 0 heterocycles. The second-order valence-corrected chi connectivity index (χ2v) is 7.27. The summed E-state index contributed by atoms with van der Waals surface area (Å²) >= 11 is 0.